The summed E-state index contributed by atoms with van der Waals surface area (Å²) in [5.41, 5.74) is 8.04. The van der Waals surface area contributed by atoms with E-state index in [-0.39, 0.29) is 5.56 Å². The third-order valence-electron chi connectivity index (χ3n) is 3.21. The molecule has 1 aromatic carbocycles. The Balaban J connectivity index is 2.44. The molecule has 0 aliphatic heterocycles. The molecule has 0 unspecified atom stereocenters. The highest BCUT2D eigenvalue weighted by molar-refractivity contribution is 5.44. The number of rotatable bonds is 3. The van der Waals surface area contributed by atoms with Crippen LogP contribution in [-0.2, 0) is 6.54 Å². The minimum atomic E-state index is -0.0319. The molecule has 1 aromatic heterocycles. The first kappa shape index (κ1) is 14.9. The maximum absolute atomic E-state index is 12.0. The van der Waals surface area contributed by atoms with Crippen molar-refractivity contribution in [3.63, 3.8) is 0 Å². The highest BCUT2D eigenvalue weighted by atomic mass is 16.5. The molecule has 2 N–H and O–H groups in total. The van der Waals surface area contributed by atoms with Gasteiger partial charge in [-0.2, -0.15) is 0 Å². The molecule has 0 amide bonds. The number of ether oxygens (including phenoxy) is 1. The molecule has 0 radical (unpaired) electrons. The molecular formula is C17H18N2O2. The Labute approximate surface area is 124 Å². The third kappa shape index (κ3) is 3.53. The number of aromatic nitrogens is 1. The van der Waals surface area contributed by atoms with Crippen LogP contribution in [-0.4, -0.2) is 18.2 Å². The fourth-order valence-electron chi connectivity index (χ4n) is 2.13. The van der Waals surface area contributed by atoms with Gasteiger partial charge in [0.2, 0.25) is 0 Å². The highest BCUT2D eigenvalue weighted by Crippen LogP contribution is 2.20. The zero-order valence-corrected chi connectivity index (χ0v) is 12.2. The van der Waals surface area contributed by atoms with Gasteiger partial charge in [0.05, 0.1) is 20.2 Å². The van der Waals surface area contributed by atoms with Crippen molar-refractivity contribution in [1.29, 1.82) is 0 Å². The molecule has 2 rings (SSSR count). The lowest BCUT2D eigenvalue weighted by Gasteiger charge is -2.13. The van der Waals surface area contributed by atoms with E-state index in [1.54, 1.807) is 23.8 Å². The van der Waals surface area contributed by atoms with Crippen molar-refractivity contribution in [1.82, 2.24) is 4.57 Å². The molecule has 4 nitrogen and oxygen atoms in total. The van der Waals surface area contributed by atoms with E-state index in [4.69, 9.17) is 10.5 Å². The van der Waals surface area contributed by atoms with E-state index in [0.29, 0.717) is 13.1 Å². The second-order valence-electron chi connectivity index (χ2n) is 4.62. The van der Waals surface area contributed by atoms with Crippen LogP contribution >= 0.6 is 0 Å². The van der Waals surface area contributed by atoms with Crippen molar-refractivity contribution in [2.24, 2.45) is 5.73 Å². The molecule has 0 aliphatic carbocycles. The zero-order chi connectivity index (χ0) is 15.2. The summed E-state index contributed by atoms with van der Waals surface area (Å²) >= 11 is 0. The Morgan fingerprint density at radius 3 is 2.76 bits per heavy atom. The lowest BCUT2D eigenvalue weighted by atomic mass is 10.1. The van der Waals surface area contributed by atoms with Gasteiger partial charge in [0.25, 0.3) is 5.56 Å². The van der Waals surface area contributed by atoms with Gasteiger partial charge < -0.3 is 15.0 Å². The van der Waals surface area contributed by atoms with E-state index in [9.17, 15) is 4.79 Å². The van der Waals surface area contributed by atoms with Crippen LogP contribution in [0, 0.1) is 18.8 Å². The summed E-state index contributed by atoms with van der Waals surface area (Å²) in [5, 5.41) is 0. The number of benzene rings is 1. The average Bonchev–Trinajstić information content (AvgIpc) is 2.49. The first-order valence-corrected chi connectivity index (χ1v) is 6.68. The van der Waals surface area contributed by atoms with Gasteiger partial charge in [-0.1, -0.05) is 17.9 Å². The maximum Gasteiger partial charge on any atom is 0.251 e. The Morgan fingerprint density at radius 1 is 1.29 bits per heavy atom. The second kappa shape index (κ2) is 6.78. The number of nitrogens with zero attached hydrogens (tertiary/aromatic N) is 1. The highest BCUT2D eigenvalue weighted by Gasteiger charge is 2.07. The summed E-state index contributed by atoms with van der Waals surface area (Å²) in [7, 11) is 1.62. The van der Waals surface area contributed by atoms with Crippen molar-refractivity contribution in [3.8, 4) is 17.6 Å². The summed E-state index contributed by atoms with van der Waals surface area (Å²) < 4.78 is 7.07. The molecule has 0 saturated carbocycles. The Bertz CT molecular complexity index is 751. The molecule has 2 aromatic rings. The van der Waals surface area contributed by atoms with Crippen molar-refractivity contribution in [2.75, 3.05) is 13.7 Å². The van der Waals surface area contributed by atoms with E-state index in [0.717, 1.165) is 22.6 Å². The number of hydrogen-bond donors (Lipinski definition) is 1. The predicted molar refractivity (Wildman–Crippen MR) is 83.5 cm³/mol. The minimum absolute atomic E-state index is 0.0319. The van der Waals surface area contributed by atoms with Gasteiger partial charge in [-0.15, -0.1) is 0 Å². The van der Waals surface area contributed by atoms with Gasteiger partial charge in [0.15, 0.2) is 0 Å². The molecule has 0 saturated heterocycles. The Hall–Kier alpha value is -2.51. The van der Waals surface area contributed by atoms with E-state index < -0.39 is 0 Å². The number of aryl methyl sites for hydroxylation is 1. The van der Waals surface area contributed by atoms with Gasteiger partial charge >= 0.3 is 0 Å². The summed E-state index contributed by atoms with van der Waals surface area (Å²) in [5.74, 6) is 6.56. The fraction of sp³-hybridized carbons (Fsp3) is 0.235. The smallest absolute Gasteiger partial charge is 0.251 e. The van der Waals surface area contributed by atoms with Crippen LogP contribution in [0.15, 0.2) is 41.2 Å². The number of methoxy groups -OCH3 is 1. The molecule has 4 heteroatoms. The molecule has 0 bridgehead atoms. The summed E-state index contributed by atoms with van der Waals surface area (Å²) in [6.07, 6.45) is 0. The normalized spacial score (nSPS) is 9.86. The lowest BCUT2D eigenvalue weighted by molar-refractivity contribution is 0.408. The maximum atomic E-state index is 12.0. The van der Waals surface area contributed by atoms with Crippen LogP contribution in [0.1, 0.15) is 16.8 Å². The van der Waals surface area contributed by atoms with E-state index in [1.807, 2.05) is 31.2 Å². The van der Waals surface area contributed by atoms with E-state index in [1.165, 1.54) is 0 Å². The third-order valence-corrected chi connectivity index (χ3v) is 3.21. The summed E-state index contributed by atoms with van der Waals surface area (Å²) in [6.45, 7) is 2.68. The van der Waals surface area contributed by atoms with Crippen LogP contribution in [0.4, 0.5) is 0 Å². The van der Waals surface area contributed by atoms with Gasteiger partial charge in [0.1, 0.15) is 5.75 Å². The molecule has 21 heavy (non-hydrogen) atoms. The Morgan fingerprint density at radius 2 is 2.10 bits per heavy atom. The van der Waals surface area contributed by atoms with Gasteiger partial charge in [0, 0.05) is 22.9 Å². The lowest BCUT2D eigenvalue weighted by Crippen LogP contribution is -2.21. The largest absolute Gasteiger partial charge is 0.496 e. The van der Waals surface area contributed by atoms with Gasteiger partial charge in [-0.05, 0) is 31.2 Å². The fourth-order valence-corrected chi connectivity index (χ4v) is 2.13. The molecule has 108 valence electrons. The standard InChI is InChI=1S/C17H18N2O2/c1-13-5-3-7-17(20)19(13)12-15-11-14(6-4-10-18)8-9-16(15)21-2/h3,5,7-9,11H,10,12,18H2,1-2H3. The van der Waals surface area contributed by atoms with E-state index >= 15 is 0 Å². The Kier molecular flexibility index (Phi) is 4.81. The zero-order valence-electron chi connectivity index (χ0n) is 12.2. The monoisotopic (exact) mass is 282 g/mol. The summed E-state index contributed by atoms with van der Waals surface area (Å²) in [4.78, 5) is 12.0. The van der Waals surface area contributed by atoms with E-state index in [2.05, 4.69) is 11.8 Å². The topological polar surface area (TPSA) is 57.2 Å². The molecular weight excluding hydrogens is 264 g/mol. The number of nitrogens with two attached hydrogens (primary N) is 1. The molecule has 1 heterocycles. The summed E-state index contributed by atoms with van der Waals surface area (Å²) in [6, 6.07) is 10.9. The van der Waals surface area contributed by atoms with Crippen LogP contribution in [0.5, 0.6) is 5.75 Å². The quantitative estimate of drug-likeness (QED) is 0.868. The predicted octanol–water partition coefficient (Wildman–Crippen LogP) is 1.52. The molecule has 0 fully saturated rings. The van der Waals surface area contributed by atoms with Crippen LogP contribution < -0.4 is 16.0 Å². The van der Waals surface area contributed by atoms with Crippen molar-refractivity contribution in [3.05, 3.63) is 63.6 Å². The van der Waals surface area contributed by atoms with Crippen molar-refractivity contribution >= 4 is 0 Å². The minimum Gasteiger partial charge on any atom is -0.496 e. The van der Waals surface area contributed by atoms with Crippen molar-refractivity contribution in [2.45, 2.75) is 13.5 Å². The first-order valence-electron chi connectivity index (χ1n) is 6.68. The van der Waals surface area contributed by atoms with Gasteiger partial charge in [-0.25, -0.2) is 0 Å². The average molecular weight is 282 g/mol. The second-order valence-corrected chi connectivity index (χ2v) is 4.62. The number of pyridine rings is 1. The molecule has 0 atom stereocenters. The van der Waals surface area contributed by atoms with Crippen LogP contribution in [0.25, 0.3) is 0 Å². The van der Waals surface area contributed by atoms with Crippen LogP contribution in [0.3, 0.4) is 0 Å². The molecule has 0 spiro atoms. The number of hydrogen-bond acceptors (Lipinski definition) is 3. The SMILES string of the molecule is COc1ccc(C#CCN)cc1Cn1c(C)cccc1=O. The van der Waals surface area contributed by atoms with Crippen molar-refractivity contribution < 1.29 is 4.74 Å². The van der Waals surface area contributed by atoms with Crippen LogP contribution in [0.2, 0.25) is 0 Å². The van der Waals surface area contributed by atoms with Gasteiger partial charge in [-0.3, -0.25) is 4.79 Å². The molecule has 0 aliphatic rings. The first-order chi connectivity index (χ1) is 10.2.